The van der Waals surface area contributed by atoms with Crippen LogP contribution < -0.4 is 10.9 Å². The minimum Gasteiger partial charge on any atom is -0.338 e. The third kappa shape index (κ3) is 3.79. The first-order chi connectivity index (χ1) is 17.1. The zero-order valence-corrected chi connectivity index (χ0v) is 19.8. The number of fused-ring (bicyclic) bond motifs is 2. The van der Waals surface area contributed by atoms with Crippen LogP contribution in [-0.2, 0) is 6.54 Å². The lowest BCUT2D eigenvalue weighted by Crippen LogP contribution is -2.33. The van der Waals surface area contributed by atoms with Crippen LogP contribution in [0.3, 0.4) is 0 Å². The van der Waals surface area contributed by atoms with E-state index < -0.39 is 0 Å². The molecule has 2 aliphatic carbocycles. The van der Waals surface area contributed by atoms with Gasteiger partial charge in [-0.1, -0.05) is 32.1 Å². The van der Waals surface area contributed by atoms with Crippen LogP contribution in [0.4, 0.5) is 11.5 Å². The molecule has 8 nitrogen and oxygen atoms in total. The van der Waals surface area contributed by atoms with Crippen LogP contribution in [0.15, 0.2) is 35.3 Å². The fraction of sp³-hybridized carbons (Fsp3) is 0.481. The molecule has 0 spiro atoms. The molecule has 1 aromatic carbocycles. The minimum absolute atomic E-state index is 0.0556. The molecule has 2 aromatic heterocycles. The van der Waals surface area contributed by atoms with E-state index in [1.165, 1.54) is 12.8 Å². The number of carbonyl (C=O) groups is 1. The Hall–Kier alpha value is -3.60. The van der Waals surface area contributed by atoms with Gasteiger partial charge >= 0.3 is 0 Å². The van der Waals surface area contributed by atoms with E-state index in [1.54, 1.807) is 6.20 Å². The van der Waals surface area contributed by atoms with Crippen molar-refractivity contribution < 1.29 is 4.79 Å². The summed E-state index contributed by atoms with van der Waals surface area (Å²) in [4.78, 5) is 30.6. The highest BCUT2D eigenvalue weighted by molar-refractivity contribution is 5.99. The van der Waals surface area contributed by atoms with Crippen molar-refractivity contribution in [2.24, 2.45) is 5.92 Å². The zero-order valence-electron chi connectivity index (χ0n) is 19.8. The van der Waals surface area contributed by atoms with E-state index in [4.69, 9.17) is 5.10 Å². The van der Waals surface area contributed by atoms with Gasteiger partial charge in [0.1, 0.15) is 5.39 Å². The summed E-state index contributed by atoms with van der Waals surface area (Å²) in [5.74, 6) is 0.487. The van der Waals surface area contributed by atoms with Gasteiger partial charge in [0.2, 0.25) is 0 Å². The fourth-order valence-corrected chi connectivity index (χ4v) is 6.24. The monoisotopic (exact) mass is 470 g/mol. The van der Waals surface area contributed by atoms with Crippen LogP contribution in [0, 0.1) is 17.2 Å². The van der Waals surface area contributed by atoms with Crippen LogP contribution in [0.5, 0.6) is 0 Å². The summed E-state index contributed by atoms with van der Waals surface area (Å²) < 4.78 is 1.89. The SMILES string of the molecule is N#C[C@@H]1CCCCC[C@H]1n1nc(Nc2ccc3c(c2)CN(C2CCCC2)C3=O)c2c(=O)[nH]ccc21. The first kappa shape index (κ1) is 21.9. The van der Waals surface area contributed by atoms with Crippen LogP contribution in [0.1, 0.15) is 79.8 Å². The summed E-state index contributed by atoms with van der Waals surface area (Å²) in [6.45, 7) is 0.635. The van der Waals surface area contributed by atoms with Crippen molar-refractivity contribution in [2.45, 2.75) is 76.4 Å². The Morgan fingerprint density at radius 3 is 2.66 bits per heavy atom. The summed E-state index contributed by atoms with van der Waals surface area (Å²) in [5.41, 5.74) is 3.12. The van der Waals surface area contributed by atoms with E-state index in [2.05, 4.69) is 16.4 Å². The van der Waals surface area contributed by atoms with Crippen molar-refractivity contribution in [3.8, 4) is 6.07 Å². The lowest BCUT2D eigenvalue weighted by atomic mass is 9.96. The van der Waals surface area contributed by atoms with Crippen molar-refractivity contribution in [3.05, 3.63) is 51.9 Å². The van der Waals surface area contributed by atoms with E-state index in [0.29, 0.717) is 23.8 Å². The van der Waals surface area contributed by atoms with E-state index in [1.807, 2.05) is 33.8 Å². The molecule has 2 atom stereocenters. The number of H-pyrrole nitrogens is 1. The van der Waals surface area contributed by atoms with Crippen molar-refractivity contribution in [3.63, 3.8) is 0 Å². The van der Waals surface area contributed by atoms with Gasteiger partial charge in [-0.05, 0) is 55.5 Å². The number of hydrogen-bond donors (Lipinski definition) is 2. The highest BCUT2D eigenvalue weighted by Gasteiger charge is 2.34. The summed E-state index contributed by atoms with van der Waals surface area (Å²) in [7, 11) is 0. The normalized spacial score (nSPS) is 22.8. The summed E-state index contributed by atoms with van der Waals surface area (Å²) in [6, 6.07) is 10.4. The van der Waals surface area contributed by atoms with E-state index in [9.17, 15) is 14.9 Å². The van der Waals surface area contributed by atoms with Crippen molar-refractivity contribution >= 4 is 28.3 Å². The van der Waals surface area contributed by atoms with Gasteiger partial charge in [0.25, 0.3) is 11.5 Å². The van der Waals surface area contributed by atoms with E-state index in [0.717, 1.165) is 67.3 Å². The largest absolute Gasteiger partial charge is 0.338 e. The molecule has 180 valence electrons. The lowest BCUT2D eigenvalue weighted by molar-refractivity contribution is 0.0707. The molecule has 0 bridgehead atoms. The van der Waals surface area contributed by atoms with E-state index >= 15 is 0 Å². The number of benzene rings is 1. The van der Waals surface area contributed by atoms with Gasteiger partial charge in [-0.25, -0.2) is 0 Å². The second kappa shape index (κ2) is 8.88. The predicted molar refractivity (Wildman–Crippen MR) is 133 cm³/mol. The number of aromatic amines is 1. The molecular formula is C27H30N6O2. The quantitative estimate of drug-likeness (QED) is 0.521. The molecule has 3 heterocycles. The predicted octanol–water partition coefficient (Wildman–Crippen LogP) is 5.01. The average molecular weight is 471 g/mol. The summed E-state index contributed by atoms with van der Waals surface area (Å²) in [5, 5.41) is 18.5. The number of carbonyl (C=O) groups excluding carboxylic acids is 1. The maximum Gasteiger partial charge on any atom is 0.261 e. The lowest BCUT2D eigenvalue weighted by Gasteiger charge is -2.23. The van der Waals surface area contributed by atoms with Gasteiger partial charge in [0, 0.05) is 30.0 Å². The van der Waals surface area contributed by atoms with Crippen molar-refractivity contribution in [1.82, 2.24) is 19.7 Å². The van der Waals surface area contributed by atoms with Gasteiger partial charge in [-0.15, -0.1) is 0 Å². The third-order valence-electron chi connectivity index (χ3n) is 8.06. The molecule has 0 saturated heterocycles. The molecule has 0 radical (unpaired) electrons. The Morgan fingerprint density at radius 2 is 1.83 bits per heavy atom. The second-order valence-electron chi connectivity index (χ2n) is 10.2. The Morgan fingerprint density at radius 1 is 1.03 bits per heavy atom. The van der Waals surface area contributed by atoms with Crippen LogP contribution >= 0.6 is 0 Å². The fourth-order valence-electron chi connectivity index (χ4n) is 6.24. The van der Waals surface area contributed by atoms with Crippen LogP contribution in [0.2, 0.25) is 0 Å². The molecule has 1 amide bonds. The number of nitrogens with zero attached hydrogens (tertiary/aromatic N) is 4. The first-order valence-corrected chi connectivity index (χ1v) is 12.8. The molecular weight excluding hydrogens is 440 g/mol. The van der Waals surface area contributed by atoms with Gasteiger partial charge in [-0.2, -0.15) is 10.4 Å². The van der Waals surface area contributed by atoms with Gasteiger partial charge in [0.15, 0.2) is 5.82 Å². The summed E-state index contributed by atoms with van der Waals surface area (Å²) in [6.07, 6.45) is 11.1. The maximum absolute atomic E-state index is 13.0. The smallest absolute Gasteiger partial charge is 0.261 e. The Bertz CT molecular complexity index is 1380. The van der Waals surface area contributed by atoms with Gasteiger partial charge < -0.3 is 15.2 Å². The zero-order chi connectivity index (χ0) is 23.9. The topological polar surface area (TPSA) is 107 Å². The number of pyridine rings is 1. The molecule has 8 heteroatoms. The number of hydrogen-bond acceptors (Lipinski definition) is 5. The molecule has 0 unspecified atom stereocenters. The van der Waals surface area contributed by atoms with Crippen molar-refractivity contribution in [2.75, 3.05) is 5.32 Å². The highest BCUT2D eigenvalue weighted by Crippen LogP contribution is 2.37. The molecule has 1 aliphatic heterocycles. The molecule has 2 fully saturated rings. The van der Waals surface area contributed by atoms with E-state index in [-0.39, 0.29) is 23.4 Å². The molecule has 3 aliphatic rings. The second-order valence-corrected chi connectivity index (χ2v) is 10.2. The maximum atomic E-state index is 13.0. The van der Waals surface area contributed by atoms with Gasteiger partial charge in [0.05, 0.1) is 23.5 Å². The minimum atomic E-state index is -0.206. The molecule has 6 rings (SSSR count). The molecule has 2 N–H and O–H groups in total. The standard InChI is InChI=1S/C27H30N6O2/c28-15-17-6-2-1-3-9-22(17)33-23-12-13-29-26(34)24(23)25(31-33)30-19-10-11-21-18(14-19)16-32(27(21)35)20-7-4-5-8-20/h10-14,17,20,22H,1-9,16H2,(H,29,34)(H,30,31)/t17-,22+/m0/s1. The number of amides is 1. The number of anilines is 2. The average Bonchev–Trinajstić information content (AvgIpc) is 3.54. The van der Waals surface area contributed by atoms with Crippen LogP contribution in [0.25, 0.3) is 10.9 Å². The Labute approximate surface area is 203 Å². The number of aromatic nitrogens is 3. The van der Waals surface area contributed by atoms with Crippen molar-refractivity contribution in [1.29, 1.82) is 5.26 Å². The number of nitrogens with one attached hydrogen (secondary N) is 2. The summed E-state index contributed by atoms with van der Waals surface area (Å²) >= 11 is 0. The Kier molecular flexibility index (Phi) is 5.56. The molecule has 2 saturated carbocycles. The Balaban J connectivity index is 1.35. The van der Waals surface area contributed by atoms with Gasteiger partial charge in [-0.3, -0.25) is 14.3 Å². The third-order valence-corrected chi connectivity index (χ3v) is 8.06. The first-order valence-electron chi connectivity index (χ1n) is 12.8. The number of nitriles is 1. The molecule has 35 heavy (non-hydrogen) atoms. The number of rotatable bonds is 4. The van der Waals surface area contributed by atoms with Crippen LogP contribution in [-0.4, -0.2) is 31.6 Å². The highest BCUT2D eigenvalue weighted by atomic mass is 16.2. The molecule has 3 aromatic rings.